The lowest BCUT2D eigenvalue weighted by Crippen LogP contribution is -2.04. The fraction of sp³-hybridized carbons (Fsp3) is 0. The van der Waals surface area contributed by atoms with Crippen LogP contribution >= 0.6 is 0 Å². The molecule has 5 nitrogen and oxygen atoms in total. The highest BCUT2D eigenvalue weighted by atomic mass is 32.2. The first kappa shape index (κ1) is 10.6. The average Bonchev–Trinajstić information content (AvgIpc) is 2.78. The van der Waals surface area contributed by atoms with Gasteiger partial charge in [-0.05, 0) is 12.1 Å². The van der Waals surface area contributed by atoms with Crippen molar-refractivity contribution in [3.05, 3.63) is 42.4 Å². The van der Waals surface area contributed by atoms with E-state index in [4.69, 9.17) is 5.11 Å². The number of carboxylic acid groups (broad SMARTS) is 1. The fourth-order valence-corrected chi connectivity index (χ4v) is 2.35. The molecule has 2 aromatic rings. The summed E-state index contributed by atoms with van der Waals surface area (Å²) in [7, 11) is -1.55. The summed E-state index contributed by atoms with van der Waals surface area (Å²) >= 11 is 0. The molecule has 0 aliphatic carbocycles. The van der Waals surface area contributed by atoms with Gasteiger partial charge in [0, 0.05) is 4.90 Å². The van der Waals surface area contributed by atoms with Crippen molar-refractivity contribution in [2.45, 2.75) is 9.92 Å². The SMILES string of the molecule is O=C(O)c1nc[nH]c1S(=O)c1ccccc1. The molecule has 0 spiro atoms. The summed E-state index contributed by atoms with van der Waals surface area (Å²) in [6, 6.07) is 8.62. The van der Waals surface area contributed by atoms with Crippen LogP contribution in [0.25, 0.3) is 0 Å². The molecule has 1 unspecified atom stereocenters. The number of imidazole rings is 1. The van der Waals surface area contributed by atoms with Gasteiger partial charge in [0.05, 0.1) is 6.33 Å². The van der Waals surface area contributed by atoms with Crippen molar-refractivity contribution in [3.63, 3.8) is 0 Å². The summed E-state index contributed by atoms with van der Waals surface area (Å²) < 4.78 is 12.0. The molecule has 0 radical (unpaired) electrons. The standard InChI is InChI=1S/C10H8N2O3S/c13-10(14)8-9(12-6-11-8)16(15)7-4-2-1-3-5-7/h1-6H,(H,11,12)(H,13,14). The van der Waals surface area contributed by atoms with Gasteiger partial charge in [-0.25, -0.2) is 14.0 Å². The van der Waals surface area contributed by atoms with E-state index < -0.39 is 16.8 Å². The van der Waals surface area contributed by atoms with Gasteiger partial charge in [0.15, 0.2) is 5.69 Å². The van der Waals surface area contributed by atoms with E-state index in [0.717, 1.165) is 0 Å². The first-order valence-electron chi connectivity index (χ1n) is 4.43. The van der Waals surface area contributed by atoms with Crippen molar-refractivity contribution >= 4 is 16.8 Å². The largest absolute Gasteiger partial charge is 0.476 e. The fourth-order valence-electron chi connectivity index (χ4n) is 1.24. The van der Waals surface area contributed by atoms with Gasteiger partial charge in [-0.1, -0.05) is 18.2 Å². The van der Waals surface area contributed by atoms with Gasteiger partial charge in [0.2, 0.25) is 0 Å². The Morgan fingerprint density at radius 2 is 2.00 bits per heavy atom. The molecule has 0 saturated carbocycles. The molecule has 1 heterocycles. The number of nitrogens with one attached hydrogen (secondary N) is 1. The third kappa shape index (κ3) is 1.87. The predicted octanol–water partition coefficient (Wildman–Crippen LogP) is 1.27. The highest BCUT2D eigenvalue weighted by Crippen LogP contribution is 2.16. The van der Waals surface area contributed by atoms with E-state index in [-0.39, 0.29) is 10.7 Å². The Kier molecular flexibility index (Phi) is 2.82. The van der Waals surface area contributed by atoms with Crippen molar-refractivity contribution in [1.29, 1.82) is 0 Å². The molecule has 0 fully saturated rings. The van der Waals surface area contributed by atoms with E-state index in [1.165, 1.54) is 6.33 Å². The van der Waals surface area contributed by atoms with E-state index in [2.05, 4.69) is 9.97 Å². The Morgan fingerprint density at radius 3 is 2.62 bits per heavy atom. The summed E-state index contributed by atoms with van der Waals surface area (Å²) in [6.45, 7) is 0. The number of benzene rings is 1. The number of aromatic carboxylic acids is 1. The molecular weight excluding hydrogens is 228 g/mol. The van der Waals surface area contributed by atoms with Gasteiger partial charge < -0.3 is 10.1 Å². The van der Waals surface area contributed by atoms with Crippen molar-refractivity contribution in [1.82, 2.24) is 9.97 Å². The number of carbonyl (C=O) groups is 1. The summed E-state index contributed by atoms with van der Waals surface area (Å²) in [6.07, 6.45) is 1.22. The molecule has 0 aliphatic heterocycles. The molecule has 1 aromatic carbocycles. The Labute approximate surface area is 93.6 Å². The molecule has 1 atom stereocenters. The average molecular weight is 236 g/mol. The van der Waals surface area contributed by atoms with Crippen LogP contribution in [-0.2, 0) is 10.8 Å². The maximum atomic E-state index is 12.0. The molecular formula is C10H8N2O3S. The molecule has 0 bridgehead atoms. The van der Waals surface area contributed by atoms with E-state index in [0.29, 0.717) is 4.90 Å². The number of hydrogen-bond acceptors (Lipinski definition) is 3. The van der Waals surface area contributed by atoms with E-state index in [1.807, 2.05) is 0 Å². The first-order chi connectivity index (χ1) is 7.70. The minimum absolute atomic E-state index is 0.110. The van der Waals surface area contributed by atoms with Crippen LogP contribution in [0.1, 0.15) is 10.5 Å². The zero-order valence-corrected chi connectivity index (χ0v) is 8.90. The monoisotopic (exact) mass is 236 g/mol. The third-order valence-corrected chi connectivity index (χ3v) is 3.33. The topological polar surface area (TPSA) is 83.0 Å². The molecule has 2 N–H and O–H groups in total. The molecule has 1 aromatic heterocycles. The maximum Gasteiger partial charge on any atom is 0.357 e. The minimum Gasteiger partial charge on any atom is -0.476 e. The smallest absolute Gasteiger partial charge is 0.357 e. The second-order valence-electron chi connectivity index (χ2n) is 2.97. The zero-order chi connectivity index (χ0) is 11.5. The van der Waals surface area contributed by atoms with Crippen molar-refractivity contribution in [2.24, 2.45) is 0 Å². The Balaban J connectivity index is 2.42. The van der Waals surface area contributed by atoms with Crippen LogP contribution in [0.3, 0.4) is 0 Å². The van der Waals surface area contributed by atoms with Gasteiger partial charge in [-0.2, -0.15) is 0 Å². The number of aromatic amines is 1. The minimum atomic E-state index is -1.55. The highest BCUT2D eigenvalue weighted by Gasteiger charge is 2.19. The normalized spacial score (nSPS) is 12.2. The van der Waals surface area contributed by atoms with Crippen molar-refractivity contribution < 1.29 is 14.1 Å². The van der Waals surface area contributed by atoms with Gasteiger partial charge in [-0.15, -0.1) is 0 Å². The van der Waals surface area contributed by atoms with Gasteiger partial charge in [0.1, 0.15) is 15.8 Å². The highest BCUT2D eigenvalue weighted by molar-refractivity contribution is 7.85. The van der Waals surface area contributed by atoms with Crippen LogP contribution in [0.4, 0.5) is 0 Å². The van der Waals surface area contributed by atoms with Gasteiger partial charge in [-0.3, -0.25) is 0 Å². The Hall–Kier alpha value is -1.95. The molecule has 0 aliphatic rings. The second-order valence-corrected chi connectivity index (χ2v) is 4.38. The van der Waals surface area contributed by atoms with Crippen LogP contribution in [0.15, 0.2) is 46.6 Å². The number of carboxylic acids is 1. The molecule has 6 heteroatoms. The van der Waals surface area contributed by atoms with E-state index in [1.54, 1.807) is 30.3 Å². The van der Waals surface area contributed by atoms with E-state index >= 15 is 0 Å². The molecule has 82 valence electrons. The lowest BCUT2D eigenvalue weighted by molar-refractivity contribution is 0.0687. The molecule has 0 amide bonds. The van der Waals surface area contributed by atoms with Crippen LogP contribution in [0.5, 0.6) is 0 Å². The summed E-state index contributed by atoms with van der Waals surface area (Å²) in [4.78, 5) is 17.5. The van der Waals surface area contributed by atoms with Crippen LogP contribution in [0, 0.1) is 0 Å². The summed E-state index contributed by atoms with van der Waals surface area (Å²) in [5.74, 6) is -1.19. The Morgan fingerprint density at radius 1 is 1.31 bits per heavy atom. The van der Waals surface area contributed by atoms with Gasteiger partial charge >= 0.3 is 5.97 Å². The lowest BCUT2D eigenvalue weighted by atomic mass is 10.4. The number of aromatic nitrogens is 2. The number of H-pyrrole nitrogens is 1. The molecule has 16 heavy (non-hydrogen) atoms. The van der Waals surface area contributed by atoms with Gasteiger partial charge in [0.25, 0.3) is 0 Å². The van der Waals surface area contributed by atoms with Crippen molar-refractivity contribution in [3.8, 4) is 0 Å². The third-order valence-electron chi connectivity index (χ3n) is 1.95. The van der Waals surface area contributed by atoms with Crippen LogP contribution in [0.2, 0.25) is 0 Å². The predicted molar refractivity (Wildman–Crippen MR) is 56.7 cm³/mol. The number of nitrogens with zero attached hydrogens (tertiary/aromatic N) is 1. The van der Waals surface area contributed by atoms with Crippen LogP contribution in [-0.4, -0.2) is 25.3 Å². The maximum absolute atomic E-state index is 12.0. The molecule has 2 rings (SSSR count). The van der Waals surface area contributed by atoms with Crippen molar-refractivity contribution in [2.75, 3.05) is 0 Å². The first-order valence-corrected chi connectivity index (χ1v) is 5.58. The second kappa shape index (κ2) is 4.28. The number of rotatable bonds is 3. The molecule has 0 saturated heterocycles. The number of hydrogen-bond donors (Lipinski definition) is 2. The Bertz CT molecular complexity index is 536. The zero-order valence-electron chi connectivity index (χ0n) is 8.08. The van der Waals surface area contributed by atoms with E-state index in [9.17, 15) is 9.00 Å². The quantitative estimate of drug-likeness (QED) is 0.840. The summed E-state index contributed by atoms with van der Waals surface area (Å²) in [5.41, 5.74) is -0.206. The lowest BCUT2D eigenvalue weighted by Gasteiger charge is -1.99. The summed E-state index contributed by atoms with van der Waals surface area (Å²) in [5, 5.41) is 8.94. The van der Waals surface area contributed by atoms with Crippen LogP contribution < -0.4 is 0 Å².